The number of nitrogens with one attached hydrogen (secondary N) is 1. The number of aryl methyl sites for hydroxylation is 1. The van der Waals surface area contributed by atoms with Gasteiger partial charge in [-0.2, -0.15) is 11.8 Å². The highest BCUT2D eigenvalue weighted by Gasteiger charge is 2.14. The summed E-state index contributed by atoms with van der Waals surface area (Å²) >= 11 is 2.06. The maximum Gasteiger partial charge on any atom is 0.120 e. The Morgan fingerprint density at radius 2 is 2.06 bits per heavy atom. The molecule has 1 aromatic rings. The third-order valence-electron chi connectivity index (χ3n) is 3.03. The highest BCUT2D eigenvalue weighted by atomic mass is 32.2. The molecule has 16 heavy (non-hydrogen) atoms. The smallest absolute Gasteiger partial charge is 0.120 e. The number of ether oxygens (including phenoxy) is 1. The molecule has 0 spiro atoms. The van der Waals surface area contributed by atoms with Crippen LogP contribution in [0.5, 0.6) is 5.75 Å². The minimum absolute atomic E-state index is 0.632. The molecule has 1 aromatic carbocycles. The second-order valence-corrected chi connectivity index (χ2v) is 5.44. The molecule has 2 rings (SSSR count). The van der Waals surface area contributed by atoms with Gasteiger partial charge in [-0.25, -0.2) is 0 Å². The van der Waals surface area contributed by atoms with E-state index >= 15 is 0 Å². The Balaban J connectivity index is 2.06. The van der Waals surface area contributed by atoms with Crippen LogP contribution in [0.2, 0.25) is 0 Å². The summed E-state index contributed by atoms with van der Waals surface area (Å²) in [5, 5.41) is 3.63. The van der Waals surface area contributed by atoms with Gasteiger partial charge in [0.1, 0.15) is 5.75 Å². The lowest BCUT2D eigenvalue weighted by Crippen LogP contribution is -2.24. The summed E-state index contributed by atoms with van der Waals surface area (Å²) in [4.78, 5) is 0. The Kier molecular flexibility index (Phi) is 3.99. The van der Waals surface area contributed by atoms with Crippen LogP contribution in [0.4, 0.5) is 5.69 Å². The predicted octanol–water partition coefficient (Wildman–Crippen LogP) is 3.31. The van der Waals surface area contributed by atoms with E-state index in [4.69, 9.17) is 4.74 Å². The SMILES string of the molecule is COc1ccc(C)c(NC2CCSCC2)c1. The molecule has 88 valence electrons. The van der Waals surface area contributed by atoms with E-state index in [1.54, 1.807) is 7.11 Å². The van der Waals surface area contributed by atoms with E-state index in [0.717, 1.165) is 5.75 Å². The topological polar surface area (TPSA) is 21.3 Å². The van der Waals surface area contributed by atoms with Crippen molar-refractivity contribution >= 4 is 17.4 Å². The fraction of sp³-hybridized carbons (Fsp3) is 0.538. The van der Waals surface area contributed by atoms with E-state index < -0.39 is 0 Å². The zero-order valence-corrected chi connectivity index (χ0v) is 10.8. The van der Waals surface area contributed by atoms with Crippen LogP contribution in [0.15, 0.2) is 18.2 Å². The first-order valence-electron chi connectivity index (χ1n) is 5.78. The summed E-state index contributed by atoms with van der Waals surface area (Å²) in [6.07, 6.45) is 2.53. The average molecular weight is 237 g/mol. The summed E-state index contributed by atoms with van der Waals surface area (Å²) in [5.41, 5.74) is 2.51. The highest BCUT2D eigenvalue weighted by Crippen LogP contribution is 2.26. The number of benzene rings is 1. The van der Waals surface area contributed by atoms with E-state index in [0.29, 0.717) is 6.04 Å². The van der Waals surface area contributed by atoms with Crippen molar-refractivity contribution in [3.8, 4) is 5.75 Å². The first-order valence-corrected chi connectivity index (χ1v) is 6.94. The number of thioether (sulfide) groups is 1. The monoisotopic (exact) mass is 237 g/mol. The highest BCUT2D eigenvalue weighted by molar-refractivity contribution is 7.99. The Morgan fingerprint density at radius 1 is 1.31 bits per heavy atom. The summed E-state index contributed by atoms with van der Waals surface area (Å²) in [5.74, 6) is 3.49. The minimum atomic E-state index is 0.632. The van der Waals surface area contributed by atoms with Crippen LogP contribution in [0.3, 0.4) is 0 Å². The van der Waals surface area contributed by atoms with Gasteiger partial charge in [0.25, 0.3) is 0 Å². The number of hydrogen-bond donors (Lipinski definition) is 1. The van der Waals surface area contributed by atoms with Crippen molar-refractivity contribution in [3.05, 3.63) is 23.8 Å². The molecule has 1 N–H and O–H groups in total. The molecular weight excluding hydrogens is 218 g/mol. The lowest BCUT2D eigenvalue weighted by Gasteiger charge is -2.24. The molecule has 0 radical (unpaired) electrons. The molecule has 1 saturated heterocycles. The first kappa shape index (κ1) is 11.6. The molecule has 2 nitrogen and oxygen atoms in total. The van der Waals surface area contributed by atoms with Gasteiger partial charge in [-0.05, 0) is 42.9 Å². The number of rotatable bonds is 3. The van der Waals surface area contributed by atoms with Gasteiger partial charge in [-0.1, -0.05) is 6.07 Å². The maximum absolute atomic E-state index is 5.25. The second kappa shape index (κ2) is 5.48. The van der Waals surface area contributed by atoms with Gasteiger partial charge in [0.05, 0.1) is 7.11 Å². The molecule has 1 heterocycles. The number of hydrogen-bond acceptors (Lipinski definition) is 3. The molecule has 1 aliphatic heterocycles. The number of methoxy groups -OCH3 is 1. The van der Waals surface area contributed by atoms with E-state index in [2.05, 4.69) is 36.1 Å². The largest absolute Gasteiger partial charge is 0.497 e. The quantitative estimate of drug-likeness (QED) is 0.871. The van der Waals surface area contributed by atoms with Gasteiger partial charge in [-0.3, -0.25) is 0 Å². The van der Waals surface area contributed by atoms with Gasteiger partial charge in [0, 0.05) is 17.8 Å². The van der Waals surface area contributed by atoms with Crippen molar-refractivity contribution in [2.24, 2.45) is 0 Å². The Hall–Kier alpha value is -0.830. The zero-order valence-electron chi connectivity index (χ0n) is 9.95. The van der Waals surface area contributed by atoms with Crippen molar-refractivity contribution < 1.29 is 4.74 Å². The van der Waals surface area contributed by atoms with Gasteiger partial charge in [0.15, 0.2) is 0 Å². The van der Waals surface area contributed by atoms with Crippen LogP contribution in [0.1, 0.15) is 18.4 Å². The fourth-order valence-corrected chi connectivity index (χ4v) is 3.05. The normalized spacial score (nSPS) is 17.1. The molecule has 0 aliphatic carbocycles. The third kappa shape index (κ3) is 2.85. The van der Waals surface area contributed by atoms with Crippen molar-refractivity contribution in [2.45, 2.75) is 25.8 Å². The van der Waals surface area contributed by atoms with Crippen LogP contribution < -0.4 is 10.1 Å². The zero-order chi connectivity index (χ0) is 11.4. The van der Waals surface area contributed by atoms with Gasteiger partial charge >= 0.3 is 0 Å². The van der Waals surface area contributed by atoms with Gasteiger partial charge < -0.3 is 10.1 Å². The molecule has 0 unspecified atom stereocenters. The lowest BCUT2D eigenvalue weighted by atomic mass is 10.1. The van der Waals surface area contributed by atoms with E-state index in [-0.39, 0.29) is 0 Å². The van der Waals surface area contributed by atoms with Crippen molar-refractivity contribution in [3.63, 3.8) is 0 Å². The fourth-order valence-electron chi connectivity index (χ4n) is 1.95. The van der Waals surface area contributed by atoms with E-state index in [1.165, 1.54) is 35.6 Å². The standard InChI is InChI=1S/C13H19NOS/c1-10-3-4-12(15-2)9-13(10)14-11-5-7-16-8-6-11/h3-4,9,11,14H,5-8H2,1-2H3. The summed E-state index contributed by atoms with van der Waals surface area (Å²) in [6.45, 7) is 2.14. The molecule has 0 aromatic heterocycles. The molecule has 1 fully saturated rings. The molecule has 0 saturated carbocycles. The average Bonchev–Trinajstić information content (AvgIpc) is 2.33. The van der Waals surface area contributed by atoms with Crippen molar-refractivity contribution in [1.29, 1.82) is 0 Å². The minimum Gasteiger partial charge on any atom is -0.497 e. The Morgan fingerprint density at radius 3 is 2.75 bits per heavy atom. The van der Waals surface area contributed by atoms with Gasteiger partial charge in [0.2, 0.25) is 0 Å². The van der Waals surface area contributed by atoms with Crippen LogP contribution in [0, 0.1) is 6.92 Å². The van der Waals surface area contributed by atoms with Crippen LogP contribution in [-0.2, 0) is 0 Å². The number of anilines is 1. The predicted molar refractivity (Wildman–Crippen MR) is 71.7 cm³/mol. The van der Waals surface area contributed by atoms with E-state index in [9.17, 15) is 0 Å². The molecular formula is C13H19NOS. The summed E-state index contributed by atoms with van der Waals surface area (Å²) in [6, 6.07) is 6.85. The van der Waals surface area contributed by atoms with Crippen molar-refractivity contribution in [1.82, 2.24) is 0 Å². The van der Waals surface area contributed by atoms with Crippen LogP contribution in [0.25, 0.3) is 0 Å². The second-order valence-electron chi connectivity index (χ2n) is 4.21. The van der Waals surface area contributed by atoms with Crippen LogP contribution >= 0.6 is 11.8 Å². The molecule has 1 aliphatic rings. The maximum atomic E-state index is 5.25. The third-order valence-corrected chi connectivity index (χ3v) is 4.07. The molecule has 0 amide bonds. The molecule has 0 atom stereocenters. The van der Waals surface area contributed by atoms with E-state index in [1.807, 2.05) is 6.07 Å². The molecule has 3 heteroatoms. The first-order chi connectivity index (χ1) is 7.79. The Bertz CT molecular complexity index is 348. The van der Waals surface area contributed by atoms with Crippen molar-refractivity contribution in [2.75, 3.05) is 23.9 Å². The van der Waals surface area contributed by atoms with Crippen LogP contribution in [-0.4, -0.2) is 24.7 Å². The summed E-state index contributed by atoms with van der Waals surface area (Å²) in [7, 11) is 1.71. The summed E-state index contributed by atoms with van der Waals surface area (Å²) < 4.78 is 5.25. The molecule has 0 bridgehead atoms. The van der Waals surface area contributed by atoms with Gasteiger partial charge in [-0.15, -0.1) is 0 Å². The Labute approximate surface area is 102 Å². The lowest BCUT2D eigenvalue weighted by molar-refractivity contribution is 0.415.